The second kappa shape index (κ2) is 9.42. The maximum absolute atomic E-state index is 10.6. The molecule has 0 fully saturated rings. The number of phenols is 1. The SMILES string of the molecule is CC(C)(C)c1cccc(N=Nn2c3ccccc3c3ccccc32)c1O.[Cl][Zr][Cl]. The van der Waals surface area contributed by atoms with Gasteiger partial charge in [0.2, 0.25) is 0 Å². The normalized spacial score (nSPS) is 11.6. The van der Waals surface area contributed by atoms with Crippen LogP contribution in [0, 0.1) is 0 Å². The Morgan fingerprint density at radius 2 is 1.34 bits per heavy atom. The number of para-hydroxylation sites is 3. The molecule has 1 N–H and O–H groups in total. The zero-order chi connectivity index (χ0) is 21.0. The van der Waals surface area contributed by atoms with Gasteiger partial charge in [-0.25, -0.2) is 4.68 Å². The number of benzene rings is 3. The topological polar surface area (TPSA) is 49.9 Å². The molecule has 0 aliphatic heterocycles. The van der Waals surface area contributed by atoms with Crippen LogP contribution in [0.5, 0.6) is 5.75 Å². The molecule has 1 aromatic heterocycles. The van der Waals surface area contributed by atoms with Crippen LogP contribution in [-0.4, -0.2) is 9.78 Å². The third-order valence-electron chi connectivity index (χ3n) is 4.62. The Balaban J connectivity index is 0.000000755. The summed E-state index contributed by atoms with van der Waals surface area (Å²) in [7, 11) is 9.87. The van der Waals surface area contributed by atoms with Crippen molar-refractivity contribution >= 4 is 44.5 Å². The van der Waals surface area contributed by atoms with Crippen LogP contribution in [0.25, 0.3) is 21.8 Å². The number of fused-ring (bicyclic) bond motifs is 3. The average Bonchev–Trinajstić information content (AvgIpc) is 3.01. The second-order valence-electron chi connectivity index (χ2n) is 7.53. The monoisotopic (exact) mass is 503 g/mol. The Morgan fingerprint density at radius 1 is 0.828 bits per heavy atom. The van der Waals surface area contributed by atoms with Crippen molar-refractivity contribution in [3.63, 3.8) is 0 Å². The number of phenolic OH excluding ortho intramolecular Hbond substituents is 1. The number of aromatic nitrogens is 1. The molecule has 0 amide bonds. The van der Waals surface area contributed by atoms with E-state index in [1.54, 1.807) is 6.07 Å². The van der Waals surface area contributed by atoms with E-state index in [0.29, 0.717) is 5.69 Å². The second-order valence-corrected chi connectivity index (χ2v) is 11.3. The molecule has 4 nitrogen and oxygen atoms in total. The van der Waals surface area contributed by atoms with E-state index in [0.717, 1.165) is 27.4 Å². The molecular formula is C22H21Cl2N3OZr. The standard InChI is InChI=1S/C22H21N3O.2ClH.Zr/c1-22(2,3)17-11-8-12-18(21(17)26)23-24-25-19-13-6-4-9-15(19)16-10-5-7-14-20(16)25;;;/h4-14,26H,1-3H3;2*1H;/q;;;+2/p-2. The van der Waals surface area contributed by atoms with Crippen molar-refractivity contribution in [3.8, 4) is 5.75 Å². The van der Waals surface area contributed by atoms with Crippen molar-refractivity contribution in [1.82, 2.24) is 4.68 Å². The van der Waals surface area contributed by atoms with Gasteiger partial charge < -0.3 is 5.11 Å². The van der Waals surface area contributed by atoms with Gasteiger partial charge in [-0.05, 0) is 23.6 Å². The molecule has 0 spiro atoms. The molecule has 0 radical (unpaired) electrons. The number of halogens is 2. The zero-order valence-corrected chi connectivity index (χ0v) is 20.4. The van der Waals surface area contributed by atoms with E-state index in [4.69, 9.17) is 17.0 Å². The molecule has 0 aliphatic carbocycles. The fraction of sp³-hybridized carbons (Fsp3) is 0.182. The first-order chi connectivity index (χ1) is 13.9. The van der Waals surface area contributed by atoms with Crippen LogP contribution in [0.1, 0.15) is 26.3 Å². The van der Waals surface area contributed by atoms with Gasteiger partial charge in [-0.15, -0.1) is 5.11 Å². The Hall–Kier alpha value is -1.68. The summed E-state index contributed by atoms with van der Waals surface area (Å²) in [6.45, 7) is 6.20. The molecule has 0 saturated carbocycles. The molecule has 0 aliphatic rings. The van der Waals surface area contributed by atoms with E-state index in [-0.39, 0.29) is 11.2 Å². The molecule has 148 valence electrons. The summed E-state index contributed by atoms with van der Waals surface area (Å²) in [5.41, 5.74) is 3.14. The third kappa shape index (κ3) is 4.74. The summed E-state index contributed by atoms with van der Waals surface area (Å²) in [4.78, 5) is 0. The van der Waals surface area contributed by atoms with Crippen LogP contribution in [0.4, 0.5) is 5.69 Å². The molecule has 4 aromatic rings. The van der Waals surface area contributed by atoms with Gasteiger partial charge in [0.15, 0.2) is 0 Å². The van der Waals surface area contributed by atoms with Crippen LogP contribution in [0.15, 0.2) is 77.1 Å². The van der Waals surface area contributed by atoms with Crippen LogP contribution in [0.3, 0.4) is 0 Å². The Kier molecular flexibility index (Phi) is 7.15. The quantitative estimate of drug-likeness (QED) is 0.279. The van der Waals surface area contributed by atoms with Gasteiger partial charge in [0.1, 0.15) is 11.4 Å². The van der Waals surface area contributed by atoms with Crippen molar-refractivity contribution in [2.45, 2.75) is 26.2 Å². The molecule has 0 unspecified atom stereocenters. The van der Waals surface area contributed by atoms with Gasteiger partial charge in [-0.2, -0.15) is 0 Å². The molecular weight excluding hydrogens is 484 g/mol. The van der Waals surface area contributed by atoms with Crippen LogP contribution >= 0.6 is 17.0 Å². The van der Waals surface area contributed by atoms with E-state index in [2.05, 4.69) is 43.2 Å². The van der Waals surface area contributed by atoms with E-state index in [1.165, 1.54) is 0 Å². The van der Waals surface area contributed by atoms with E-state index in [9.17, 15) is 5.11 Å². The van der Waals surface area contributed by atoms with Crippen LogP contribution in [0.2, 0.25) is 0 Å². The Bertz CT molecular complexity index is 1110. The molecule has 0 bridgehead atoms. The average molecular weight is 506 g/mol. The van der Waals surface area contributed by atoms with Gasteiger partial charge in [0.05, 0.1) is 11.0 Å². The van der Waals surface area contributed by atoms with Gasteiger partial charge in [-0.1, -0.05) is 74.5 Å². The minimum absolute atomic E-state index is 0.164. The third-order valence-corrected chi connectivity index (χ3v) is 4.62. The van der Waals surface area contributed by atoms with Crippen LogP contribution < -0.4 is 0 Å². The number of hydrogen-bond donors (Lipinski definition) is 1. The fourth-order valence-corrected chi connectivity index (χ4v) is 3.31. The molecule has 1 heterocycles. The number of rotatable bonds is 2. The van der Waals surface area contributed by atoms with E-state index in [1.807, 2.05) is 53.2 Å². The van der Waals surface area contributed by atoms with Crippen molar-refractivity contribution in [3.05, 3.63) is 72.3 Å². The molecule has 0 saturated heterocycles. The minimum atomic E-state index is -0.826. The summed E-state index contributed by atoms with van der Waals surface area (Å²) >= 11 is -0.826. The Labute approximate surface area is 188 Å². The van der Waals surface area contributed by atoms with Crippen molar-refractivity contribution in [1.29, 1.82) is 0 Å². The van der Waals surface area contributed by atoms with Gasteiger partial charge in [0.25, 0.3) is 0 Å². The molecule has 3 aromatic carbocycles. The summed E-state index contributed by atoms with van der Waals surface area (Å²) in [6.07, 6.45) is 0. The van der Waals surface area contributed by atoms with Crippen molar-refractivity contribution in [2.24, 2.45) is 10.3 Å². The number of hydrogen-bond acceptors (Lipinski definition) is 3. The van der Waals surface area contributed by atoms with Gasteiger partial charge in [-0.3, -0.25) is 0 Å². The summed E-state index contributed by atoms with van der Waals surface area (Å²) in [5, 5.41) is 21.7. The maximum atomic E-state index is 10.6. The molecule has 7 heteroatoms. The van der Waals surface area contributed by atoms with Crippen LogP contribution in [-0.2, 0) is 26.3 Å². The summed E-state index contributed by atoms with van der Waals surface area (Å²) in [5.74, 6) is 0.185. The zero-order valence-electron chi connectivity index (χ0n) is 16.4. The fourth-order valence-electron chi connectivity index (χ4n) is 3.31. The first-order valence-electron chi connectivity index (χ1n) is 9.07. The molecule has 29 heavy (non-hydrogen) atoms. The van der Waals surface area contributed by atoms with Crippen molar-refractivity contribution < 1.29 is 26.0 Å². The summed E-state index contributed by atoms with van der Waals surface area (Å²) in [6, 6.07) is 21.9. The van der Waals surface area contributed by atoms with E-state index >= 15 is 0 Å². The predicted molar refractivity (Wildman–Crippen MR) is 118 cm³/mol. The number of nitrogens with zero attached hydrogens (tertiary/aromatic N) is 3. The number of aromatic hydroxyl groups is 1. The predicted octanol–water partition coefficient (Wildman–Crippen LogP) is 7.72. The van der Waals surface area contributed by atoms with Gasteiger partial charge >= 0.3 is 37.9 Å². The van der Waals surface area contributed by atoms with Gasteiger partial charge in [0, 0.05) is 16.3 Å². The Morgan fingerprint density at radius 3 is 1.86 bits per heavy atom. The summed E-state index contributed by atoms with van der Waals surface area (Å²) < 4.78 is 1.83. The molecule has 0 atom stereocenters. The first-order valence-corrected chi connectivity index (χ1v) is 15.4. The van der Waals surface area contributed by atoms with E-state index < -0.39 is 20.8 Å². The van der Waals surface area contributed by atoms with Crippen molar-refractivity contribution in [2.75, 3.05) is 0 Å². The first kappa shape index (κ1) is 22.0. The molecule has 4 rings (SSSR count).